The summed E-state index contributed by atoms with van der Waals surface area (Å²) in [5, 5.41) is 10.8. The number of carbonyl (C=O) groups is 1. The highest BCUT2D eigenvalue weighted by atomic mass is 19.4. The van der Waals surface area contributed by atoms with Gasteiger partial charge in [-0.3, -0.25) is 0 Å². The minimum Gasteiger partial charge on any atom is -0.475 e. The van der Waals surface area contributed by atoms with Crippen LogP contribution in [0.4, 0.5) is 18.9 Å². The van der Waals surface area contributed by atoms with Gasteiger partial charge in [-0.15, -0.1) is 0 Å². The van der Waals surface area contributed by atoms with Gasteiger partial charge in [-0.2, -0.15) is 13.2 Å². The molecule has 0 spiro atoms. The van der Waals surface area contributed by atoms with Gasteiger partial charge >= 0.3 is 12.1 Å². The van der Waals surface area contributed by atoms with Crippen LogP contribution in [0.25, 0.3) is 0 Å². The van der Waals surface area contributed by atoms with E-state index in [0.717, 1.165) is 0 Å². The number of hydrogen-bond donors (Lipinski definition) is 2. The van der Waals surface area contributed by atoms with Crippen molar-refractivity contribution in [2.75, 3.05) is 5.32 Å². The summed E-state index contributed by atoms with van der Waals surface area (Å²) in [6.07, 6.45) is -3.90. The van der Waals surface area contributed by atoms with Crippen LogP contribution < -0.4 is 5.32 Å². The summed E-state index contributed by atoms with van der Waals surface area (Å²) < 4.78 is 31.7. The maximum absolute atomic E-state index is 10.6. The molecule has 1 aliphatic carbocycles. The maximum atomic E-state index is 10.6. The summed E-state index contributed by atoms with van der Waals surface area (Å²) in [6, 6.07) is 16.3. The number of alkyl halides is 3. The zero-order valence-electron chi connectivity index (χ0n) is 14.5. The second-order valence-electron chi connectivity index (χ2n) is 6.94. The van der Waals surface area contributed by atoms with Crippen molar-refractivity contribution in [3.05, 3.63) is 64.7 Å². The number of hydrogen-bond acceptors (Lipinski definition) is 2. The average Bonchev–Trinajstić information content (AvgIpc) is 3.10. The number of fused-ring (bicyclic) bond motifs is 5. The summed E-state index contributed by atoms with van der Waals surface area (Å²) in [6.45, 7) is 4.54. The molecule has 2 unspecified atom stereocenters. The topological polar surface area (TPSA) is 49.3 Å². The third-order valence-electron chi connectivity index (χ3n) is 4.93. The molecule has 0 amide bonds. The maximum Gasteiger partial charge on any atom is 0.490 e. The highest BCUT2D eigenvalue weighted by Crippen LogP contribution is 2.51. The Hall–Kier alpha value is -2.50. The van der Waals surface area contributed by atoms with E-state index in [0.29, 0.717) is 17.9 Å². The summed E-state index contributed by atoms with van der Waals surface area (Å²) in [4.78, 5) is 8.90. The van der Waals surface area contributed by atoms with E-state index in [1.165, 1.54) is 34.4 Å². The molecular weight excluding hydrogens is 343 g/mol. The lowest BCUT2D eigenvalue weighted by atomic mass is 9.92. The largest absolute Gasteiger partial charge is 0.490 e. The lowest BCUT2D eigenvalue weighted by molar-refractivity contribution is -0.192. The molecule has 2 N–H and O–H groups in total. The van der Waals surface area contributed by atoms with Gasteiger partial charge in [0.1, 0.15) is 0 Å². The zero-order valence-corrected chi connectivity index (χ0v) is 14.5. The van der Waals surface area contributed by atoms with E-state index in [1.54, 1.807) is 0 Å². The fraction of sp³-hybridized carbons (Fsp3) is 0.350. The van der Waals surface area contributed by atoms with Crippen molar-refractivity contribution in [1.82, 2.24) is 0 Å². The van der Waals surface area contributed by atoms with Crippen LogP contribution in [0.15, 0.2) is 42.5 Å². The Bertz CT molecular complexity index is 830. The monoisotopic (exact) mass is 363 g/mol. The second kappa shape index (κ2) is 6.67. The number of halogens is 3. The van der Waals surface area contributed by atoms with Gasteiger partial charge in [0.15, 0.2) is 0 Å². The van der Waals surface area contributed by atoms with Crippen molar-refractivity contribution in [3.8, 4) is 0 Å². The Morgan fingerprint density at radius 3 is 2.42 bits per heavy atom. The quantitative estimate of drug-likeness (QED) is 0.728. The van der Waals surface area contributed by atoms with Crippen molar-refractivity contribution < 1.29 is 23.1 Å². The van der Waals surface area contributed by atoms with E-state index in [-0.39, 0.29) is 0 Å². The number of carboxylic acids is 1. The average molecular weight is 363 g/mol. The van der Waals surface area contributed by atoms with Gasteiger partial charge in [-0.05, 0) is 40.7 Å². The summed E-state index contributed by atoms with van der Waals surface area (Å²) in [7, 11) is 0. The first-order chi connectivity index (χ1) is 12.2. The van der Waals surface area contributed by atoms with Crippen molar-refractivity contribution in [1.29, 1.82) is 0 Å². The number of rotatable bonds is 1. The number of anilines is 1. The molecule has 1 aliphatic heterocycles. The van der Waals surface area contributed by atoms with Crippen LogP contribution in [0.3, 0.4) is 0 Å². The van der Waals surface area contributed by atoms with E-state index < -0.39 is 12.1 Å². The summed E-state index contributed by atoms with van der Waals surface area (Å²) >= 11 is 0. The Morgan fingerprint density at radius 2 is 1.81 bits per heavy atom. The fourth-order valence-corrected chi connectivity index (χ4v) is 3.61. The molecule has 4 rings (SSSR count). The third kappa shape index (κ3) is 3.41. The Kier molecular flexibility index (Phi) is 4.69. The lowest BCUT2D eigenvalue weighted by Crippen LogP contribution is -2.21. The SMILES string of the molecule is CC(C)c1ccc2c(c1)C1Cc3ccccc3C1N2.O=C(O)C(F)(F)F. The first kappa shape index (κ1) is 18.3. The lowest BCUT2D eigenvalue weighted by Gasteiger charge is -2.11. The summed E-state index contributed by atoms with van der Waals surface area (Å²) in [5.41, 5.74) is 7.33. The van der Waals surface area contributed by atoms with E-state index >= 15 is 0 Å². The summed E-state index contributed by atoms with van der Waals surface area (Å²) in [5.74, 6) is -1.52. The third-order valence-corrected chi connectivity index (χ3v) is 4.93. The van der Waals surface area contributed by atoms with Gasteiger partial charge in [0.2, 0.25) is 0 Å². The molecule has 0 aromatic heterocycles. The number of benzene rings is 2. The van der Waals surface area contributed by atoms with Crippen LogP contribution in [-0.2, 0) is 11.2 Å². The Balaban J connectivity index is 0.000000242. The minimum atomic E-state index is -5.08. The first-order valence-electron chi connectivity index (χ1n) is 8.46. The zero-order chi connectivity index (χ0) is 19.1. The molecule has 2 aromatic carbocycles. The molecule has 0 bridgehead atoms. The Labute approximate surface area is 149 Å². The molecule has 0 saturated heterocycles. The molecule has 138 valence electrons. The van der Waals surface area contributed by atoms with Gasteiger partial charge < -0.3 is 10.4 Å². The predicted molar refractivity (Wildman–Crippen MR) is 93.5 cm³/mol. The van der Waals surface area contributed by atoms with E-state index in [2.05, 4.69) is 61.6 Å². The van der Waals surface area contributed by atoms with Crippen LogP contribution in [0.2, 0.25) is 0 Å². The fourth-order valence-electron chi connectivity index (χ4n) is 3.61. The van der Waals surface area contributed by atoms with Crippen LogP contribution >= 0.6 is 0 Å². The molecule has 1 heterocycles. The predicted octanol–water partition coefficient (Wildman–Crippen LogP) is 5.25. The number of aliphatic carboxylic acids is 1. The first-order valence-corrected chi connectivity index (χ1v) is 8.46. The molecular formula is C20H20F3NO2. The van der Waals surface area contributed by atoms with Crippen LogP contribution in [0.1, 0.15) is 54.0 Å². The van der Waals surface area contributed by atoms with Gasteiger partial charge in [-0.25, -0.2) is 4.79 Å². The van der Waals surface area contributed by atoms with E-state index in [1.807, 2.05) is 0 Å². The van der Waals surface area contributed by atoms with Crippen molar-refractivity contribution in [2.45, 2.75) is 44.3 Å². The number of carboxylic acid groups (broad SMARTS) is 1. The molecule has 2 aromatic rings. The highest BCUT2D eigenvalue weighted by molar-refractivity contribution is 5.73. The smallest absolute Gasteiger partial charge is 0.475 e. The molecule has 3 nitrogen and oxygen atoms in total. The van der Waals surface area contributed by atoms with E-state index in [9.17, 15) is 13.2 Å². The van der Waals surface area contributed by atoms with E-state index in [4.69, 9.17) is 9.90 Å². The van der Waals surface area contributed by atoms with Crippen LogP contribution in [0, 0.1) is 0 Å². The van der Waals surface area contributed by atoms with Crippen molar-refractivity contribution in [2.24, 2.45) is 0 Å². The van der Waals surface area contributed by atoms with Crippen LogP contribution in [-0.4, -0.2) is 17.3 Å². The van der Waals surface area contributed by atoms with Gasteiger partial charge in [0.25, 0.3) is 0 Å². The second-order valence-corrected chi connectivity index (χ2v) is 6.94. The highest BCUT2D eigenvalue weighted by Gasteiger charge is 2.39. The Morgan fingerprint density at radius 1 is 1.15 bits per heavy atom. The molecule has 0 fully saturated rings. The number of nitrogens with one attached hydrogen (secondary N) is 1. The van der Waals surface area contributed by atoms with Gasteiger partial charge in [0, 0.05) is 11.6 Å². The van der Waals surface area contributed by atoms with Crippen molar-refractivity contribution in [3.63, 3.8) is 0 Å². The van der Waals surface area contributed by atoms with Gasteiger partial charge in [-0.1, -0.05) is 50.2 Å². The van der Waals surface area contributed by atoms with Gasteiger partial charge in [0.05, 0.1) is 6.04 Å². The normalized spacial score (nSPS) is 19.8. The standard InChI is InChI=1S/C18H19N.C2HF3O2/c1-11(2)12-7-8-17-15(9-12)16-10-13-5-3-4-6-14(13)18(16)19-17;3-2(4,5)1(6)7/h3-9,11,16,18-19H,10H2,1-2H3;(H,6,7). The molecule has 2 aliphatic rings. The molecule has 0 saturated carbocycles. The molecule has 26 heavy (non-hydrogen) atoms. The molecule has 0 radical (unpaired) electrons. The molecule has 2 atom stereocenters. The van der Waals surface area contributed by atoms with Crippen LogP contribution in [0.5, 0.6) is 0 Å². The van der Waals surface area contributed by atoms with Crippen molar-refractivity contribution >= 4 is 11.7 Å². The molecule has 6 heteroatoms. The minimum absolute atomic E-state index is 0.494.